The minimum Gasteiger partial charge on any atom is -0.378 e. The lowest BCUT2D eigenvalue weighted by molar-refractivity contribution is -0.0529. The molecule has 1 aliphatic carbocycles. The van der Waals surface area contributed by atoms with Crippen molar-refractivity contribution >= 4 is 0 Å². The van der Waals surface area contributed by atoms with E-state index in [1.54, 1.807) is 0 Å². The second-order valence-electron chi connectivity index (χ2n) is 6.23. The Morgan fingerprint density at radius 2 is 2.18 bits per heavy atom. The third-order valence-corrected chi connectivity index (χ3v) is 4.62. The van der Waals surface area contributed by atoms with Crippen molar-refractivity contribution in [2.75, 3.05) is 33.4 Å². The second kappa shape index (κ2) is 5.68. The van der Waals surface area contributed by atoms with Crippen LogP contribution in [0.1, 0.15) is 39.5 Å². The molecule has 1 saturated heterocycles. The van der Waals surface area contributed by atoms with Gasteiger partial charge in [0, 0.05) is 18.1 Å². The van der Waals surface area contributed by atoms with Gasteiger partial charge in [-0.15, -0.1) is 0 Å². The third-order valence-electron chi connectivity index (χ3n) is 4.62. The first kappa shape index (κ1) is 13.3. The van der Waals surface area contributed by atoms with Crippen LogP contribution in [0.5, 0.6) is 0 Å². The number of morpholine rings is 1. The first-order valence-corrected chi connectivity index (χ1v) is 7.13. The molecule has 0 aromatic heterocycles. The van der Waals surface area contributed by atoms with Gasteiger partial charge in [0.2, 0.25) is 0 Å². The summed E-state index contributed by atoms with van der Waals surface area (Å²) in [7, 11) is 2.11. The Hall–Kier alpha value is -0.120. The van der Waals surface area contributed by atoms with Gasteiger partial charge < -0.3 is 10.1 Å². The van der Waals surface area contributed by atoms with Crippen molar-refractivity contribution in [3.63, 3.8) is 0 Å². The minimum absolute atomic E-state index is 0.228. The van der Waals surface area contributed by atoms with E-state index in [1.165, 1.54) is 32.2 Å². The standard InChI is InChI=1S/C14H28N2O/c1-14(2)11-17-10-9-16(14)8-7-12-5-4-6-13(12)15-3/h12-13,15H,4-11H2,1-3H3. The van der Waals surface area contributed by atoms with Gasteiger partial charge in [-0.2, -0.15) is 0 Å². The van der Waals surface area contributed by atoms with Gasteiger partial charge in [0.25, 0.3) is 0 Å². The number of nitrogens with one attached hydrogen (secondary N) is 1. The summed E-state index contributed by atoms with van der Waals surface area (Å²) >= 11 is 0. The van der Waals surface area contributed by atoms with Crippen molar-refractivity contribution in [3.8, 4) is 0 Å². The molecule has 0 spiro atoms. The summed E-state index contributed by atoms with van der Waals surface area (Å²) in [5.74, 6) is 0.888. The molecule has 1 saturated carbocycles. The summed E-state index contributed by atoms with van der Waals surface area (Å²) < 4.78 is 5.58. The van der Waals surface area contributed by atoms with E-state index in [0.29, 0.717) is 0 Å². The lowest BCUT2D eigenvalue weighted by Crippen LogP contribution is -2.53. The summed E-state index contributed by atoms with van der Waals surface area (Å²) in [6.45, 7) is 8.73. The molecule has 0 radical (unpaired) electrons. The van der Waals surface area contributed by atoms with Crippen molar-refractivity contribution in [3.05, 3.63) is 0 Å². The Kier molecular flexibility index (Phi) is 4.45. The van der Waals surface area contributed by atoms with Crippen molar-refractivity contribution in [2.24, 2.45) is 5.92 Å². The zero-order chi connectivity index (χ0) is 12.3. The molecule has 3 nitrogen and oxygen atoms in total. The Balaban J connectivity index is 1.80. The second-order valence-corrected chi connectivity index (χ2v) is 6.23. The van der Waals surface area contributed by atoms with Crippen molar-refractivity contribution in [1.29, 1.82) is 0 Å². The number of nitrogens with zero attached hydrogens (tertiary/aromatic N) is 1. The normalized spacial score (nSPS) is 34.1. The van der Waals surface area contributed by atoms with Gasteiger partial charge in [0.1, 0.15) is 0 Å². The van der Waals surface area contributed by atoms with Crippen LogP contribution in [0.4, 0.5) is 0 Å². The molecule has 2 unspecified atom stereocenters. The Labute approximate surface area is 106 Å². The average Bonchev–Trinajstić information content (AvgIpc) is 2.74. The Bertz CT molecular complexity index is 242. The number of ether oxygens (including phenoxy) is 1. The van der Waals surface area contributed by atoms with E-state index < -0.39 is 0 Å². The molecule has 0 amide bonds. The fourth-order valence-electron chi connectivity index (χ4n) is 3.39. The molecular formula is C14H28N2O. The summed E-state index contributed by atoms with van der Waals surface area (Å²) in [4.78, 5) is 2.61. The quantitative estimate of drug-likeness (QED) is 0.812. The predicted octanol–water partition coefficient (Wildman–Crippen LogP) is 1.88. The van der Waals surface area contributed by atoms with E-state index in [9.17, 15) is 0 Å². The molecule has 0 bridgehead atoms. The lowest BCUT2D eigenvalue weighted by Gasteiger charge is -2.42. The van der Waals surface area contributed by atoms with E-state index in [4.69, 9.17) is 4.74 Å². The summed E-state index contributed by atoms with van der Waals surface area (Å²) in [5.41, 5.74) is 0.228. The molecule has 1 N–H and O–H groups in total. The molecule has 2 rings (SSSR count). The van der Waals surface area contributed by atoms with Crippen LogP contribution in [0.3, 0.4) is 0 Å². The number of hydrogen-bond donors (Lipinski definition) is 1. The van der Waals surface area contributed by atoms with Gasteiger partial charge in [0.05, 0.1) is 13.2 Å². The zero-order valence-corrected chi connectivity index (χ0v) is 11.7. The highest BCUT2D eigenvalue weighted by molar-refractivity contribution is 4.87. The van der Waals surface area contributed by atoms with Crippen molar-refractivity contribution in [1.82, 2.24) is 10.2 Å². The fourth-order valence-corrected chi connectivity index (χ4v) is 3.39. The third kappa shape index (κ3) is 3.21. The van der Waals surface area contributed by atoms with E-state index >= 15 is 0 Å². The van der Waals surface area contributed by atoms with Gasteiger partial charge in [-0.3, -0.25) is 4.90 Å². The van der Waals surface area contributed by atoms with Gasteiger partial charge in [-0.25, -0.2) is 0 Å². The molecule has 2 aliphatic rings. The first-order chi connectivity index (χ1) is 8.13. The summed E-state index contributed by atoms with van der Waals surface area (Å²) in [6, 6.07) is 0.763. The van der Waals surface area contributed by atoms with Crippen molar-refractivity contribution in [2.45, 2.75) is 51.1 Å². The molecule has 2 atom stereocenters. The maximum atomic E-state index is 5.58. The fraction of sp³-hybridized carbons (Fsp3) is 1.00. The van der Waals surface area contributed by atoms with Gasteiger partial charge >= 0.3 is 0 Å². The van der Waals surface area contributed by atoms with E-state index in [-0.39, 0.29) is 5.54 Å². The molecule has 2 fully saturated rings. The largest absolute Gasteiger partial charge is 0.378 e. The average molecular weight is 240 g/mol. The topological polar surface area (TPSA) is 24.5 Å². The van der Waals surface area contributed by atoms with Crippen LogP contribution >= 0.6 is 0 Å². The maximum absolute atomic E-state index is 5.58. The Morgan fingerprint density at radius 3 is 2.88 bits per heavy atom. The molecule has 0 aromatic carbocycles. The van der Waals surface area contributed by atoms with E-state index in [1.807, 2.05) is 0 Å². The van der Waals surface area contributed by atoms with Gasteiger partial charge in [-0.1, -0.05) is 6.42 Å². The summed E-state index contributed by atoms with van der Waals surface area (Å²) in [6.07, 6.45) is 5.53. The maximum Gasteiger partial charge on any atom is 0.0645 e. The van der Waals surface area contributed by atoms with Crippen LogP contribution < -0.4 is 5.32 Å². The van der Waals surface area contributed by atoms with Crippen LogP contribution in [0.2, 0.25) is 0 Å². The molecule has 17 heavy (non-hydrogen) atoms. The molecule has 1 aliphatic heterocycles. The first-order valence-electron chi connectivity index (χ1n) is 7.13. The number of hydrogen-bond acceptors (Lipinski definition) is 3. The highest BCUT2D eigenvalue weighted by Crippen LogP contribution is 2.29. The van der Waals surface area contributed by atoms with Crippen LogP contribution in [0, 0.1) is 5.92 Å². The SMILES string of the molecule is CNC1CCCC1CCN1CCOCC1(C)C. The molecule has 3 heteroatoms. The van der Waals surface area contributed by atoms with E-state index in [2.05, 4.69) is 31.1 Å². The predicted molar refractivity (Wildman–Crippen MR) is 71.3 cm³/mol. The van der Waals surface area contributed by atoms with Crippen LogP contribution in [0.25, 0.3) is 0 Å². The van der Waals surface area contributed by atoms with Gasteiger partial charge in [0.15, 0.2) is 0 Å². The van der Waals surface area contributed by atoms with Crippen molar-refractivity contribution < 1.29 is 4.74 Å². The minimum atomic E-state index is 0.228. The highest BCUT2D eigenvalue weighted by Gasteiger charge is 2.32. The smallest absolute Gasteiger partial charge is 0.0645 e. The Morgan fingerprint density at radius 1 is 1.35 bits per heavy atom. The van der Waals surface area contributed by atoms with Gasteiger partial charge in [-0.05, 0) is 52.6 Å². The lowest BCUT2D eigenvalue weighted by atomic mass is 9.96. The highest BCUT2D eigenvalue weighted by atomic mass is 16.5. The molecule has 100 valence electrons. The van der Waals surface area contributed by atoms with Crippen LogP contribution in [0.15, 0.2) is 0 Å². The van der Waals surface area contributed by atoms with E-state index in [0.717, 1.165) is 31.7 Å². The summed E-state index contributed by atoms with van der Waals surface area (Å²) in [5, 5.41) is 3.48. The molecule has 1 heterocycles. The van der Waals surface area contributed by atoms with Crippen LogP contribution in [-0.4, -0.2) is 49.8 Å². The van der Waals surface area contributed by atoms with Crippen LogP contribution in [-0.2, 0) is 4.74 Å². The monoisotopic (exact) mass is 240 g/mol. The zero-order valence-electron chi connectivity index (χ0n) is 11.7. The molecule has 0 aromatic rings. The number of rotatable bonds is 4. The molecular weight excluding hydrogens is 212 g/mol.